The van der Waals surface area contributed by atoms with Gasteiger partial charge in [-0.2, -0.15) is 0 Å². The fourth-order valence-electron chi connectivity index (χ4n) is 3.19. The number of likely N-dealkylation sites (tertiary alicyclic amines) is 1. The van der Waals surface area contributed by atoms with E-state index in [1.54, 1.807) is 39.0 Å². The second kappa shape index (κ2) is 5.83. The van der Waals surface area contributed by atoms with Crippen LogP contribution in [0.15, 0.2) is 22.7 Å². The molecule has 1 spiro atoms. The van der Waals surface area contributed by atoms with Gasteiger partial charge in [0.2, 0.25) is 0 Å². The molecule has 2 fully saturated rings. The molecule has 4 nitrogen and oxygen atoms in total. The van der Waals surface area contributed by atoms with Crippen molar-refractivity contribution in [2.45, 2.75) is 51.7 Å². The summed E-state index contributed by atoms with van der Waals surface area (Å²) in [5.74, 6) is -0.348. The van der Waals surface area contributed by atoms with E-state index in [2.05, 4.69) is 15.9 Å². The number of ether oxygens (including phenoxy) is 1. The van der Waals surface area contributed by atoms with Crippen molar-refractivity contribution < 1.29 is 18.7 Å². The van der Waals surface area contributed by atoms with E-state index in [1.807, 2.05) is 0 Å². The first-order valence-corrected chi connectivity index (χ1v) is 8.89. The number of carbonyl (C=O) groups excluding carboxylic acids is 2. The zero-order chi connectivity index (χ0) is 17.7. The molecular weight excluding hydrogens is 377 g/mol. The van der Waals surface area contributed by atoms with Crippen LogP contribution in [0.1, 0.15) is 39.2 Å². The van der Waals surface area contributed by atoms with Gasteiger partial charge in [0.15, 0.2) is 5.78 Å². The predicted octanol–water partition coefficient (Wildman–Crippen LogP) is 4.10. The third-order valence-electron chi connectivity index (χ3n) is 4.60. The summed E-state index contributed by atoms with van der Waals surface area (Å²) in [6, 6.07) is 4.33. The summed E-state index contributed by atoms with van der Waals surface area (Å²) in [5.41, 5.74) is -0.635. The van der Waals surface area contributed by atoms with Crippen molar-refractivity contribution in [1.82, 2.24) is 4.90 Å². The zero-order valence-electron chi connectivity index (χ0n) is 14.1. The average Bonchev–Trinajstić information content (AvgIpc) is 3.20. The van der Waals surface area contributed by atoms with Crippen molar-refractivity contribution in [2.24, 2.45) is 5.41 Å². The van der Waals surface area contributed by atoms with E-state index >= 15 is 0 Å². The standard InChI is InChI=1S/C18H21BrFNO3/c1-17(2,3)24-16(23)21-10-18(7-8-18)15(22)13(21)9-11-5-4-6-12(19)14(11)20/h4-6,13H,7-10H2,1-3H3. The Balaban J connectivity index is 1.86. The third kappa shape index (κ3) is 3.21. The van der Waals surface area contributed by atoms with Gasteiger partial charge in [0.25, 0.3) is 0 Å². The molecule has 0 radical (unpaired) electrons. The minimum Gasteiger partial charge on any atom is -0.444 e. The number of Topliss-reactive ketones (excluding diaryl/α,β-unsaturated/α-hetero) is 1. The number of nitrogens with zero attached hydrogens (tertiary/aromatic N) is 1. The molecule has 0 N–H and O–H groups in total. The van der Waals surface area contributed by atoms with Gasteiger partial charge < -0.3 is 4.74 Å². The number of ketones is 1. The minimum atomic E-state index is -0.661. The van der Waals surface area contributed by atoms with Crippen LogP contribution in [-0.4, -0.2) is 35.0 Å². The number of hydrogen-bond acceptors (Lipinski definition) is 3. The lowest BCUT2D eigenvalue weighted by atomic mass is 9.96. The van der Waals surface area contributed by atoms with Crippen molar-refractivity contribution in [3.63, 3.8) is 0 Å². The van der Waals surface area contributed by atoms with Gasteiger partial charge in [-0.05, 0) is 61.2 Å². The molecule has 1 aromatic carbocycles. The van der Waals surface area contributed by atoms with Gasteiger partial charge in [-0.1, -0.05) is 12.1 Å². The summed E-state index contributed by atoms with van der Waals surface area (Å²) in [6.07, 6.45) is 1.26. The Morgan fingerprint density at radius 2 is 2.08 bits per heavy atom. The number of hydrogen-bond donors (Lipinski definition) is 0. The monoisotopic (exact) mass is 397 g/mol. The summed E-state index contributed by atoms with van der Waals surface area (Å²) in [4.78, 5) is 26.8. The summed E-state index contributed by atoms with van der Waals surface area (Å²) in [7, 11) is 0. The average molecular weight is 398 g/mol. The van der Waals surface area contributed by atoms with E-state index in [9.17, 15) is 14.0 Å². The van der Waals surface area contributed by atoms with Gasteiger partial charge in [-0.15, -0.1) is 0 Å². The molecule has 1 aromatic rings. The van der Waals surface area contributed by atoms with Crippen LogP contribution in [-0.2, 0) is 16.0 Å². The number of carbonyl (C=O) groups is 2. The maximum atomic E-state index is 14.3. The van der Waals surface area contributed by atoms with Crippen molar-refractivity contribution in [3.8, 4) is 0 Å². The molecule has 1 aliphatic carbocycles. The van der Waals surface area contributed by atoms with Crippen LogP contribution in [0.3, 0.4) is 0 Å². The summed E-state index contributed by atoms with van der Waals surface area (Å²) in [5, 5.41) is 0. The van der Waals surface area contributed by atoms with E-state index in [-0.39, 0.29) is 18.0 Å². The summed E-state index contributed by atoms with van der Waals surface area (Å²) < 4.78 is 20.1. The first-order chi connectivity index (χ1) is 11.1. The second-order valence-corrected chi connectivity index (χ2v) is 8.54. The zero-order valence-corrected chi connectivity index (χ0v) is 15.7. The van der Waals surface area contributed by atoms with Gasteiger partial charge in [0, 0.05) is 18.4 Å². The van der Waals surface area contributed by atoms with Gasteiger partial charge in [0.05, 0.1) is 10.5 Å². The Kier molecular flexibility index (Phi) is 4.22. The molecule has 130 valence electrons. The van der Waals surface area contributed by atoms with Crippen LogP contribution in [0, 0.1) is 11.2 Å². The molecular formula is C18H21BrFNO3. The minimum absolute atomic E-state index is 0.0349. The highest BCUT2D eigenvalue weighted by molar-refractivity contribution is 9.10. The molecule has 2 aliphatic rings. The van der Waals surface area contributed by atoms with E-state index in [0.717, 1.165) is 12.8 Å². The van der Waals surface area contributed by atoms with E-state index in [0.29, 0.717) is 16.6 Å². The van der Waals surface area contributed by atoms with Gasteiger partial charge in [-0.3, -0.25) is 9.69 Å². The van der Waals surface area contributed by atoms with Crippen molar-refractivity contribution in [2.75, 3.05) is 6.54 Å². The molecule has 1 aliphatic heterocycles. The second-order valence-electron chi connectivity index (χ2n) is 7.69. The number of amides is 1. The largest absolute Gasteiger partial charge is 0.444 e. The van der Waals surface area contributed by atoms with E-state index < -0.39 is 23.2 Å². The lowest BCUT2D eigenvalue weighted by molar-refractivity contribution is -0.123. The highest BCUT2D eigenvalue weighted by Gasteiger charge is 2.60. The fraction of sp³-hybridized carbons (Fsp3) is 0.556. The number of rotatable bonds is 2. The molecule has 1 amide bonds. The Morgan fingerprint density at radius 1 is 1.42 bits per heavy atom. The maximum absolute atomic E-state index is 14.3. The van der Waals surface area contributed by atoms with Gasteiger partial charge >= 0.3 is 6.09 Å². The molecule has 0 bridgehead atoms. The maximum Gasteiger partial charge on any atom is 0.410 e. The van der Waals surface area contributed by atoms with Gasteiger partial charge in [-0.25, -0.2) is 9.18 Å². The molecule has 1 saturated carbocycles. The molecule has 1 atom stereocenters. The summed E-state index contributed by atoms with van der Waals surface area (Å²) in [6.45, 7) is 5.75. The van der Waals surface area contributed by atoms with E-state index in [1.165, 1.54) is 4.90 Å². The van der Waals surface area contributed by atoms with Crippen LogP contribution < -0.4 is 0 Å². The molecule has 1 saturated heterocycles. The topological polar surface area (TPSA) is 46.6 Å². The first kappa shape index (κ1) is 17.4. The smallest absolute Gasteiger partial charge is 0.410 e. The van der Waals surface area contributed by atoms with Crippen molar-refractivity contribution >= 4 is 27.8 Å². The summed E-state index contributed by atoms with van der Waals surface area (Å²) >= 11 is 3.16. The molecule has 1 unspecified atom stereocenters. The quantitative estimate of drug-likeness (QED) is 0.754. The number of benzene rings is 1. The van der Waals surface area contributed by atoms with E-state index in [4.69, 9.17) is 4.74 Å². The molecule has 3 rings (SSSR count). The van der Waals surface area contributed by atoms with Crippen LogP contribution in [0.4, 0.5) is 9.18 Å². The molecule has 1 heterocycles. The SMILES string of the molecule is CC(C)(C)OC(=O)N1CC2(CC2)C(=O)C1Cc1cccc(Br)c1F. The highest BCUT2D eigenvalue weighted by atomic mass is 79.9. The fourth-order valence-corrected chi connectivity index (χ4v) is 3.60. The van der Waals surface area contributed by atoms with Crippen LogP contribution in [0.25, 0.3) is 0 Å². The van der Waals surface area contributed by atoms with Crippen LogP contribution >= 0.6 is 15.9 Å². The number of halogens is 2. The van der Waals surface area contributed by atoms with Crippen LogP contribution in [0.2, 0.25) is 0 Å². The Bertz CT molecular complexity index is 694. The Labute approximate surface area is 149 Å². The predicted molar refractivity (Wildman–Crippen MR) is 91.2 cm³/mol. The molecule has 24 heavy (non-hydrogen) atoms. The third-order valence-corrected chi connectivity index (χ3v) is 5.21. The van der Waals surface area contributed by atoms with Crippen molar-refractivity contribution in [1.29, 1.82) is 0 Å². The molecule has 6 heteroatoms. The molecule has 0 aromatic heterocycles. The highest BCUT2D eigenvalue weighted by Crippen LogP contribution is 2.53. The first-order valence-electron chi connectivity index (χ1n) is 8.10. The lowest BCUT2D eigenvalue weighted by Gasteiger charge is -2.28. The normalized spacial score (nSPS) is 22.1. The van der Waals surface area contributed by atoms with Crippen molar-refractivity contribution in [3.05, 3.63) is 34.1 Å². The Morgan fingerprint density at radius 3 is 2.67 bits per heavy atom. The van der Waals surface area contributed by atoms with Gasteiger partial charge in [0.1, 0.15) is 11.4 Å². The van der Waals surface area contributed by atoms with Crippen LogP contribution in [0.5, 0.6) is 0 Å². The Hall–Kier alpha value is -1.43. The lowest BCUT2D eigenvalue weighted by Crippen LogP contribution is -2.42.